The molecule has 80 valence electrons. The number of hydrogen-bond acceptors (Lipinski definition) is 5. The molecule has 0 radical (unpaired) electrons. The molecule has 0 saturated heterocycles. The van der Waals surface area contributed by atoms with Gasteiger partial charge in [-0.1, -0.05) is 0 Å². The molecule has 0 aliphatic heterocycles. The van der Waals surface area contributed by atoms with Crippen molar-refractivity contribution < 1.29 is 0 Å². The Labute approximate surface area is 93.7 Å². The lowest BCUT2D eigenvalue weighted by Gasteiger charge is -2.04. The minimum atomic E-state index is 0.758. The zero-order chi connectivity index (χ0) is 10.4. The molecule has 14 heavy (non-hydrogen) atoms. The number of thioether (sulfide) groups is 1. The molecular formula is C9H17N3S2. The number of thiazole rings is 1. The smallest absolute Gasteiger partial charge is 0.107 e. The molecule has 0 bridgehead atoms. The third-order valence-electron chi connectivity index (χ3n) is 1.56. The highest BCUT2D eigenvalue weighted by Crippen LogP contribution is 2.19. The first-order chi connectivity index (χ1) is 6.72. The molecule has 0 saturated carbocycles. The van der Waals surface area contributed by atoms with E-state index in [0.29, 0.717) is 0 Å². The molecule has 0 amide bonds. The number of nitrogens with two attached hydrogens (primary N) is 1. The second-order valence-corrected chi connectivity index (χ2v) is 5.60. The van der Waals surface area contributed by atoms with Crippen molar-refractivity contribution in [2.75, 3.05) is 26.4 Å². The van der Waals surface area contributed by atoms with Crippen molar-refractivity contribution in [3.8, 4) is 0 Å². The maximum atomic E-state index is 5.42. The standard InChI is InChI=1S/C9H17N3S2/c1-12(2)6-9-11-5-8(14-9)7-13-4-3-10/h5H,3-4,6-7,10H2,1-2H3. The fourth-order valence-corrected chi connectivity index (χ4v) is 2.92. The van der Waals surface area contributed by atoms with Crippen molar-refractivity contribution in [3.05, 3.63) is 16.1 Å². The van der Waals surface area contributed by atoms with Gasteiger partial charge in [-0.25, -0.2) is 4.98 Å². The van der Waals surface area contributed by atoms with Crippen LogP contribution in [0.5, 0.6) is 0 Å². The highest BCUT2D eigenvalue weighted by atomic mass is 32.2. The Bertz CT molecular complexity index is 260. The predicted octanol–water partition coefficient (Wildman–Crippen LogP) is 1.40. The average molecular weight is 231 g/mol. The normalized spacial score (nSPS) is 11.1. The quantitative estimate of drug-likeness (QED) is 0.752. The summed E-state index contributed by atoms with van der Waals surface area (Å²) >= 11 is 3.67. The maximum absolute atomic E-state index is 5.42. The van der Waals surface area contributed by atoms with Gasteiger partial charge in [0.25, 0.3) is 0 Å². The minimum absolute atomic E-state index is 0.758. The molecule has 0 spiro atoms. The molecule has 5 heteroatoms. The Morgan fingerprint density at radius 1 is 1.57 bits per heavy atom. The van der Waals surface area contributed by atoms with E-state index in [4.69, 9.17) is 5.73 Å². The van der Waals surface area contributed by atoms with Gasteiger partial charge in [0.1, 0.15) is 5.01 Å². The second kappa shape index (κ2) is 6.40. The zero-order valence-corrected chi connectivity index (χ0v) is 10.3. The summed E-state index contributed by atoms with van der Waals surface area (Å²) in [7, 11) is 4.12. The van der Waals surface area contributed by atoms with Gasteiger partial charge in [0, 0.05) is 35.7 Å². The summed E-state index contributed by atoms with van der Waals surface area (Å²) in [5, 5.41) is 1.19. The molecule has 1 aromatic rings. The highest BCUT2D eigenvalue weighted by molar-refractivity contribution is 7.98. The van der Waals surface area contributed by atoms with E-state index in [1.807, 2.05) is 18.0 Å². The van der Waals surface area contributed by atoms with Gasteiger partial charge in [-0.15, -0.1) is 11.3 Å². The third kappa shape index (κ3) is 4.41. The monoisotopic (exact) mass is 231 g/mol. The van der Waals surface area contributed by atoms with E-state index in [1.165, 1.54) is 9.88 Å². The number of hydrogen-bond donors (Lipinski definition) is 1. The van der Waals surface area contributed by atoms with E-state index in [1.54, 1.807) is 11.3 Å². The third-order valence-corrected chi connectivity index (χ3v) is 3.76. The van der Waals surface area contributed by atoms with Crippen molar-refractivity contribution in [3.63, 3.8) is 0 Å². The van der Waals surface area contributed by atoms with Crippen LogP contribution in [0.4, 0.5) is 0 Å². The van der Waals surface area contributed by atoms with E-state index < -0.39 is 0 Å². The van der Waals surface area contributed by atoms with Crippen LogP contribution in [-0.4, -0.2) is 36.3 Å². The molecular weight excluding hydrogens is 214 g/mol. The summed E-state index contributed by atoms with van der Waals surface area (Å²) in [5.74, 6) is 2.07. The topological polar surface area (TPSA) is 42.2 Å². The van der Waals surface area contributed by atoms with Crippen molar-refractivity contribution in [2.45, 2.75) is 12.3 Å². The number of rotatable bonds is 6. The molecule has 0 aliphatic rings. The molecule has 1 aromatic heterocycles. The molecule has 0 fully saturated rings. The molecule has 1 heterocycles. The molecule has 0 unspecified atom stereocenters. The highest BCUT2D eigenvalue weighted by Gasteiger charge is 2.02. The van der Waals surface area contributed by atoms with Crippen LogP contribution in [0.3, 0.4) is 0 Å². The first kappa shape index (κ1) is 12.0. The van der Waals surface area contributed by atoms with E-state index in [0.717, 1.165) is 24.6 Å². The Morgan fingerprint density at radius 3 is 3.00 bits per heavy atom. The number of aromatic nitrogens is 1. The van der Waals surface area contributed by atoms with Gasteiger partial charge in [0.05, 0.1) is 0 Å². The Morgan fingerprint density at radius 2 is 2.36 bits per heavy atom. The summed E-state index contributed by atoms with van der Waals surface area (Å²) < 4.78 is 0. The fourth-order valence-electron chi connectivity index (χ4n) is 1.01. The van der Waals surface area contributed by atoms with Crippen LogP contribution in [0, 0.1) is 0 Å². The fraction of sp³-hybridized carbons (Fsp3) is 0.667. The van der Waals surface area contributed by atoms with E-state index in [2.05, 4.69) is 24.0 Å². The largest absolute Gasteiger partial charge is 0.330 e. The van der Waals surface area contributed by atoms with Gasteiger partial charge in [-0.05, 0) is 14.1 Å². The molecule has 2 N–H and O–H groups in total. The van der Waals surface area contributed by atoms with Crippen LogP contribution in [-0.2, 0) is 12.3 Å². The lowest BCUT2D eigenvalue weighted by Crippen LogP contribution is -2.09. The number of nitrogens with zero attached hydrogens (tertiary/aromatic N) is 2. The van der Waals surface area contributed by atoms with Gasteiger partial charge in [-0.3, -0.25) is 0 Å². The lowest BCUT2D eigenvalue weighted by molar-refractivity contribution is 0.401. The SMILES string of the molecule is CN(C)Cc1ncc(CSCCN)s1. The predicted molar refractivity (Wildman–Crippen MR) is 64.7 cm³/mol. The lowest BCUT2D eigenvalue weighted by atomic mass is 10.6. The van der Waals surface area contributed by atoms with Crippen molar-refractivity contribution in [2.24, 2.45) is 5.73 Å². The summed E-state index contributed by atoms with van der Waals surface area (Å²) in [4.78, 5) is 7.85. The van der Waals surface area contributed by atoms with Crippen LogP contribution in [0.25, 0.3) is 0 Å². The van der Waals surface area contributed by atoms with Crippen molar-refractivity contribution in [1.82, 2.24) is 9.88 Å². The van der Waals surface area contributed by atoms with Crippen molar-refractivity contribution >= 4 is 23.1 Å². The summed E-state index contributed by atoms with van der Waals surface area (Å²) in [5.41, 5.74) is 5.42. The summed E-state index contributed by atoms with van der Waals surface area (Å²) in [6.07, 6.45) is 1.98. The Hall–Kier alpha value is -0.100. The van der Waals surface area contributed by atoms with Gasteiger partial charge in [-0.2, -0.15) is 11.8 Å². The van der Waals surface area contributed by atoms with Gasteiger partial charge >= 0.3 is 0 Å². The van der Waals surface area contributed by atoms with Crippen molar-refractivity contribution in [1.29, 1.82) is 0 Å². The first-order valence-corrected chi connectivity index (χ1v) is 6.55. The molecule has 0 aliphatic carbocycles. The minimum Gasteiger partial charge on any atom is -0.330 e. The molecule has 0 atom stereocenters. The molecule has 0 aromatic carbocycles. The van der Waals surface area contributed by atoms with Gasteiger partial charge in [0.15, 0.2) is 0 Å². The van der Waals surface area contributed by atoms with E-state index in [9.17, 15) is 0 Å². The van der Waals surface area contributed by atoms with E-state index >= 15 is 0 Å². The first-order valence-electron chi connectivity index (χ1n) is 4.58. The summed E-state index contributed by atoms with van der Waals surface area (Å²) in [6.45, 7) is 1.69. The van der Waals surface area contributed by atoms with Crippen LogP contribution < -0.4 is 5.73 Å². The molecule has 1 rings (SSSR count). The Kier molecular flexibility index (Phi) is 5.47. The Balaban J connectivity index is 2.35. The zero-order valence-electron chi connectivity index (χ0n) is 8.69. The molecule has 3 nitrogen and oxygen atoms in total. The second-order valence-electron chi connectivity index (χ2n) is 3.30. The van der Waals surface area contributed by atoms with Gasteiger partial charge < -0.3 is 10.6 Å². The van der Waals surface area contributed by atoms with E-state index in [-0.39, 0.29) is 0 Å². The van der Waals surface area contributed by atoms with Crippen LogP contribution in [0.1, 0.15) is 9.88 Å². The van der Waals surface area contributed by atoms with Gasteiger partial charge in [0.2, 0.25) is 0 Å². The average Bonchev–Trinajstić information content (AvgIpc) is 2.52. The van der Waals surface area contributed by atoms with Crippen LogP contribution >= 0.6 is 23.1 Å². The van der Waals surface area contributed by atoms with Crippen LogP contribution in [0.2, 0.25) is 0 Å². The van der Waals surface area contributed by atoms with Crippen LogP contribution in [0.15, 0.2) is 6.20 Å². The maximum Gasteiger partial charge on any atom is 0.107 e. The summed E-state index contributed by atoms with van der Waals surface area (Å²) in [6, 6.07) is 0.